The number of carbonyl (C=O) groups excluding carboxylic acids is 3. The van der Waals surface area contributed by atoms with Gasteiger partial charge >= 0.3 is 0 Å². The minimum absolute atomic E-state index is 0.0172. The number of piperidine rings is 1. The van der Waals surface area contributed by atoms with Crippen LogP contribution in [0, 0.1) is 5.41 Å². The summed E-state index contributed by atoms with van der Waals surface area (Å²) >= 11 is 0. The number of nitrogens with one attached hydrogen (secondary N) is 3. The zero-order valence-corrected chi connectivity index (χ0v) is 22.5. The van der Waals surface area contributed by atoms with Crippen LogP contribution < -0.4 is 20.7 Å². The Bertz CT molecular complexity index is 1100. The van der Waals surface area contributed by atoms with Crippen LogP contribution in [-0.2, 0) is 16.0 Å². The van der Waals surface area contributed by atoms with Crippen molar-refractivity contribution in [3.63, 3.8) is 0 Å². The lowest BCUT2D eigenvalue weighted by molar-refractivity contribution is -0.138. The van der Waals surface area contributed by atoms with Gasteiger partial charge in [-0.05, 0) is 81.8 Å². The molecule has 4 rings (SSSR count). The van der Waals surface area contributed by atoms with Gasteiger partial charge in [0.1, 0.15) is 24.7 Å². The van der Waals surface area contributed by atoms with E-state index in [0.717, 1.165) is 74.9 Å². The highest BCUT2D eigenvalue weighted by atomic mass is 16.5. The molecular weight excluding hydrogens is 480 g/mol. The Kier molecular flexibility index (Phi) is 9.39. The number of carbonyl (C=O) groups is 3. The van der Waals surface area contributed by atoms with Crippen LogP contribution >= 0.6 is 0 Å². The molecule has 38 heavy (non-hydrogen) atoms. The molecule has 1 fully saturated rings. The van der Waals surface area contributed by atoms with E-state index in [2.05, 4.69) is 33.8 Å². The summed E-state index contributed by atoms with van der Waals surface area (Å²) < 4.78 is 5.94. The molecule has 2 heterocycles. The Balaban J connectivity index is 1.43. The Morgan fingerprint density at radius 2 is 1.79 bits per heavy atom. The van der Waals surface area contributed by atoms with Crippen LogP contribution in [0.5, 0.6) is 5.75 Å². The molecule has 8 nitrogen and oxygen atoms in total. The number of nitrogens with zero attached hydrogens (tertiary/aromatic N) is 1. The first-order chi connectivity index (χ1) is 18.4. The van der Waals surface area contributed by atoms with Crippen LogP contribution in [0.4, 0.5) is 5.69 Å². The summed E-state index contributed by atoms with van der Waals surface area (Å²) in [4.78, 5) is 39.6. The lowest BCUT2D eigenvalue weighted by Crippen LogP contribution is -2.55. The number of anilines is 1. The second-order valence-electron chi connectivity index (χ2n) is 10.5. The average Bonchev–Trinajstić information content (AvgIpc) is 2.94. The first-order valence-corrected chi connectivity index (χ1v) is 13.8. The molecule has 0 saturated carbocycles. The van der Waals surface area contributed by atoms with E-state index >= 15 is 0 Å². The van der Waals surface area contributed by atoms with Crippen molar-refractivity contribution < 1.29 is 19.1 Å². The molecule has 1 saturated heterocycles. The number of fused-ring (bicyclic) bond motifs is 1. The number of hydrogen-bond acceptors (Lipinski definition) is 6. The zero-order valence-electron chi connectivity index (χ0n) is 22.5. The van der Waals surface area contributed by atoms with Gasteiger partial charge in [0, 0.05) is 24.3 Å². The second kappa shape index (κ2) is 12.9. The monoisotopic (exact) mass is 520 g/mol. The number of aldehydes is 1. The topological polar surface area (TPSA) is 99.8 Å². The van der Waals surface area contributed by atoms with Gasteiger partial charge in [-0.3, -0.25) is 19.3 Å². The third-order valence-electron chi connectivity index (χ3n) is 7.93. The van der Waals surface area contributed by atoms with E-state index in [-0.39, 0.29) is 18.0 Å². The van der Waals surface area contributed by atoms with Gasteiger partial charge in [0.25, 0.3) is 0 Å². The Morgan fingerprint density at radius 3 is 2.53 bits per heavy atom. The first-order valence-electron chi connectivity index (χ1n) is 13.8. The van der Waals surface area contributed by atoms with E-state index in [9.17, 15) is 14.4 Å². The van der Waals surface area contributed by atoms with Crippen molar-refractivity contribution in [1.29, 1.82) is 0 Å². The van der Waals surface area contributed by atoms with E-state index in [1.807, 2.05) is 30.3 Å². The molecule has 1 unspecified atom stereocenters. The lowest BCUT2D eigenvalue weighted by Gasteiger charge is -2.43. The summed E-state index contributed by atoms with van der Waals surface area (Å²) in [6.07, 6.45) is 5.99. The number of hydrogen-bond donors (Lipinski definition) is 3. The number of rotatable bonds is 4. The second-order valence-corrected chi connectivity index (χ2v) is 10.5. The zero-order chi connectivity index (χ0) is 27.0. The fourth-order valence-corrected chi connectivity index (χ4v) is 5.45. The van der Waals surface area contributed by atoms with E-state index in [1.165, 1.54) is 0 Å². The molecule has 0 radical (unpaired) electrons. The molecule has 0 aromatic heterocycles. The third-order valence-corrected chi connectivity index (χ3v) is 7.93. The van der Waals surface area contributed by atoms with Crippen LogP contribution in [0.3, 0.4) is 0 Å². The molecule has 2 aromatic rings. The van der Waals surface area contributed by atoms with Crippen LogP contribution in [0.2, 0.25) is 0 Å². The maximum Gasteiger partial charge on any atom is 0.242 e. The number of aryl methyl sites for hydroxylation is 1. The SMILES string of the molecule is CC(Nc1ccc(C=O)cc1)N1CCC2(CCCCc3ccccc3OCCNC(=O)[C@H](C)NC2=O)CC1. The molecule has 0 aliphatic carbocycles. The highest BCUT2D eigenvalue weighted by Crippen LogP contribution is 2.38. The van der Waals surface area contributed by atoms with Crippen LogP contribution in [0.15, 0.2) is 48.5 Å². The number of para-hydroxylation sites is 1. The van der Waals surface area contributed by atoms with Gasteiger partial charge in [-0.1, -0.05) is 24.6 Å². The number of ether oxygens (including phenoxy) is 1. The van der Waals surface area contributed by atoms with Gasteiger partial charge in [-0.15, -0.1) is 0 Å². The van der Waals surface area contributed by atoms with Crippen LogP contribution in [0.25, 0.3) is 0 Å². The van der Waals surface area contributed by atoms with E-state index in [4.69, 9.17) is 4.74 Å². The van der Waals surface area contributed by atoms with Crippen molar-refractivity contribution in [3.05, 3.63) is 59.7 Å². The van der Waals surface area contributed by atoms with Crippen LogP contribution in [-0.4, -0.2) is 61.4 Å². The maximum absolute atomic E-state index is 13.6. The largest absolute Gasteiger partial charge is 0.491 e. The van der Waals surface area contributed by atoms with Gasteiger partial charge in [-0.2, -0.15) is 0 Å². The van der Waals surface area contributed by atoms with Gasteiger partial charge in [0.15, 0.2) is 0 Å². The quantitative estimate of drug-likeness (QED) is 0.531. The van der Waals surface area contributed by atoms with Crippen molar-refractivity contribution in [3.8, 4) is 5.75 Å². The summed E-state index contributed by atoms with van der Waals surface area (Å²) in [5.41, 5.74) is 2.28. The molecule has 3 N–H and O–H groups in total. The molecule has 2 aromatic carbocycles. The molecule has 2 amide bonds. The molecule has 1 spiro atoms. The van der Waals surface area contributed by atoms with Crippen molar-refractivity contribution in [1.82, 2.24) is 15.5 Å². The number of amides is 2. The van der Waals surface area contributed by atoms with E-state index in [1.54, 1.807) is 19.1 Å². The van der Waals surface area contributed by atoms with Gasteiger partial charge in [-0.25, -0.2) is 0 Å². The highest BCUT2D eigenvalue weighted by molar-refractivity contribution is 5.90. The number of benzene rings is 2. The minimum atomic E-state index is -0.607. The van der Waals surface area contributed by atoms with Crippen molar-refractivity contribution in [2.45, 2.75) is 64.6 Å². The normalized spacial score (nSPS) is 22.0. The molecule has 2 aliphatic heterocycles. The summed E-state index contributed by atoms with van der Waals surface area (Å²) in [5.74, 6) is 0.650. The number of likely N-dealkylation sites (tertiary alicyclic amines) is 1. The smallest absolute Gasteiger partial charge is 0.242 e. The molecular formula is C30H40N4O4. The van der Waals surface area contributed by atoms with Crippen LogP contribution in [0.1, 0.15) is 61.9 Å². The standard InChI is InChI=1S/C30H40N4O4/c1-22-28(36)31-17-20-38-27-9-4-3-7-25(27)8-5-6-14-30(29(37)32-22)15-18-34(19-16-30)23(2)33-26-12-10-24(21-35)11-13-26/h3-4,7,9-13,21-23,33H,5-6,8,14-20H2,1-2H3,(H,31,36)(H,32,37)/t22-,23?/m0/s1. The maximum atomic E-state index is 13.6. The van der Waals surface area contributed by atoms with Crippen molar-refractivity contribution >= 4 is 23.8 Å². The fraction of sp³-hybridized carbons (Fsp3) is 0.500. The lowest BCUT2D eigenvalue weighted by atomic mass is 9.73. The Morgan fingerprint density at radius 1 is 1.05 bits per heavy atom. The van der Waals surface area contributed by atoms with Gasteiger partial charge in [0.2, 0.25) is 11.8 Å². The summed E-state index contributed by atoms with van der Waals surface area (Å²) in [5, 5.41) is 9.41. The van der Waals surface area contributed by atoms with Crippen molar-refractivity contribution in [2.75, 3.05) is 31.6 Å². The third kappa shape index (κ3) is 6.92. The predicted molar refractivity (Wildman–Crippen MR) is 148 cm³/mol. The summed E-state index contributed by atoms with van der Waals surface area (Å²) in [6, 6.07) is 14.9. The molecule has 0 bridgehead atoms. The van der Waals surface area contributed by atoms with E-state index in [0.29, 0.717) is 18.7 Å². The predicted octanol–water partition coefficient (Wildman–Crippen LogP) is 3.77. The van der Waals surface area contributed by atoms with Gasteiger partial charge < -0.3 is 20.7 Å². The Labute approximate surface area is 225 Å². The van der Waals surface area contributed by atoms with Crippen molar-refractivity contribution in [2.24, 2.45) is 5.41 Å². The average molecular weight is 521 g/mol. The first kappa shape index (κ1) is 27.6. The minimum Gasteiger partial charge on any atom is -0.491 e. The Hall–Kier alpha value is -3.39. The summed E-state index contributed by atoms with van der Waals surface area (Å²) in [7, 11) is 0. The van der Waals surface area contributed by atoms with E-state index < -0.39 is 11.5 Å². The molecule has 2 aliphatic rings. The molecule has 2 atom stereocenters. The summed E-state index contributed by atoms with van der Waals surface area (Å²) in [6.45, 7) is 6.20. The fourth-order valence-electron chi connectivity index (χ4n) is 5.45. The molecule has 204 valence electrons. The van der Waals surface area contributed by atoms with Gasteiger partial charge in [0.05, 0.1) is 18.1 Å². The molecule has 8 heteroatoms. The highest BCUT2D eigenvalue weighted by Gasteiger charge is 2.42.